The molecule has 11 heteroatoms. The largest absolute Gasteiger partial charge is 0.416 e. The summed E-state index contributed by atoms with van der Waals surface area (Å²) in [6.07, 6.45) is -3.16. The molecule has 0 bridgehead atoms. The summed E-state index contributed by atoms with van der Waals surface area (Å²) < 4.78 is 78.1. The summed E-state index contributed by atoms with van der Waals surface area (Å²) in [6, 6.07) is 10.6. The molecule has 3 rings (SSSR count). The number of sulfonamides is 1. The molecule has 33 heavy (non-hydrogen) atoms. The topological polar surface area (TPSA) is 60.9 Å². The van der Waals surface area contributed by atoms with Crippen molar-refractivity contribution in [1.29, 1.82) is 0 Å². The normalized spacial score (nSPS) is 14.9. The van der Waals surface area contributed by atoms with Crippen LogP contribution in [0.25, 0.3) is 0 Å². The SMILES string of the molecule is CS(=O)(=O)N(CCCC(=O)N1CCN(c2cccc(C(F)(F)F)c2)CC1)c1ccccc1F. The van der Waals surface area contributed by atoms with Crippen LogP contribution in [-0.2, 0) is 21.0 Å². The lowest BCUT2D eigenvalue weighted by Crippen LogP contribution is -2.49. The Bertz CT molecular complexity index is 1080. The van der Waals surface area contributed by atoms with Crippen molar-refractivity contribution in [3.8, 4) is 0 Å². The van der Waals surface area contributed by atoms with Gasteiger partial charge in [-0.1, -0.05) is 18.2 Å². The zero-order valence-corrected chi connectivity index (χ0v) is 18.9. The third-order valence-electron chi connectivity index (χ3n) is 5.44. The number of benzene rings is 2. The van der Waals surface area contributed by atoms with E-state index in [1.165, 1.54) is 30.3 Å². The average Bonchev–Trinajstić information content (AvgIpc) is 2.76. The maximum Gasteiger partial charge on any atom is 0.416 e. The summed E-state index contributed by atoms with van der Waals surface area (Å²) >= 11 is 0. The Morgan fingerprint density at radius 2 is 1.70 bits per heavy atom. The molecule has 1 amide bonds. The Hall–Kier alpha value is -2.82. The fraction of sp³-hybridized carbons (Fsp3) is 0.409. The first kappa shape index (κ1) is 24.8. The van der Waals surface area contributed by atoms with Gasteiger partial charge in [-0.2, -0.15) is 13.2 Å². The van der Waals surface area contributed by atoms with Gasteiger partial charge in [-0.05, 0) is 36.8 Å². The molecule has 1 aliphatic rings. The number of hydrogen-bond donors (Lipinski definition) is 0. The summed E-state index contributed by atoms with van der Waals surface area (Å²) in [5, 5.41) is 0. The number of carbonyl (C=O) groups is 1. The van der Waals surface area contributed by atoms with Crippen LogP contribution in [0.5, 0.6) is 0 Å². The zero-order chi connectivity index (χ0) is 24.2. The highest BCUT2D eigenvalue weighted by Gasteiger charge is 2.31. The Balaban J connectivity index is 1.54. The summed E-state index contributed by atoms with van der Waals surface area (Å²) in [6.45, 7) is 1.42. The highest BCUT2D eigenvalue weighted by atomic mass is 32.2. The van der Waals surface area contributed by atoms with Crippen molar-refractivity contribution in [2.45, 2.75) is 19.0 Å². The molecule has 0 unspecified atom stereocenters. The van der Waals surface area contributed by atoms with E-state index in [0.717, 1.165) is 22.7 Å². The zero-order valence-electron chi connectivity index (χ0n) is 18.1. The molecule has 6 nitrogen and oxygen atoms in total. The minimum absolute atomic E-state index is 0.0459. The smallest absolute Gasteiger partial charge is 0.368 e. The first-order valence-corrected chi connectivity index (χ1v) is 12.2. The van der Waals surface area contributed by atoms with E-state index in [1.807, 2.05) is 0 Å². The maximum atomic E-state index is 14.1. The van der Waals surface area contributed by atoms with Gasteiger partial charge in [0.25, 0.3) is 0 Å². The molecule has 0 aliphatic carbocycles. The van der Waals surface area contributed by atoms with E-state index in [0.29, 0.717) is 31.9 Å². The molecule has 2 aromatic carbocycles. The van der Waals surface area contributed by atoms with Gasteiger partial charge in [0.05, 0.1) is 17.5 Å². The highest BCUT2D eigenvalue weighted by Crippen LogP contribution is 2.32. The number of hydrogen-bond acceptors (Lipinski definition) is 4. The minimum atomic E-state index is -4.42. The van der Waals surface area contributed by atoms with Crippen LogP contribution < -0.4 is 9.21 Å². The van der Waals surface area contributed by atoms with Crippen molar-refractivity contribution in [2.24, 2.45) is 0 Å². The second kappa shape index (κ2) is 9.98. The van der Waals surface area contributed by atoms with Crippen LogP contribution in [0.3, 0.4) is 0 Å². The number of nitrogens with zero attached hydrogens (tertiary/aromatic N) is 3. The molecule has 2 aromatic rings. The fourth-order valence-corrected chi connectivity index (χ4v) is 4.71. The lowest BCUT2D eigenvalue weighted by atomic mass is 10.1. The number of anilines is 2. The standard InChI is InChI=1S/C22H25F4N3O3S/c1-33(31,32)29(20-9-3-2-8-19(20)23)11-5-10-21(30)28-14-12-27(13-15-28)18-7-4-6-17(16-18)22(24,25)26/h2-4,6-9,16H,5,10-15H2,1H3. The van der Waals surface area contributed by atoms with Crippen LogP contribution in [0.2, 0.25) is 0 Å². The van der Waals surface area contributed by atoms with Crippen LogP contribution in [0.15, 0.2) is 48.5 Å². The molecule has 0 atom stereocenters. The Labute approximate surface area is 190 Å². The molecular formula is C22H25F4N3O3S. The van der Waals surface area contributed by atoms with Crippen molar-refractivity contribution in [2.75, 3.05) is 48.2 Å². The van der Waals surface area contributed by atoms with Gasteiger partial charge in [-0.25, -0.2) is 12.8 Å². The Morgan fingerprint density at radius 3 is 2.30 bits per heavy atom. The number of alkyl halides is 3. The van der Waals surface area contributed by atoms with E-state index in [2.05, 4.69) is 0 Å². The van der Waals surface area contributed by atoms with Crippen molar-refractivity contribution in [3.63, 3.8) is 0 Å². The molecule has 1 aliphatic heterocycles. The van der Waals surface area contributed by atoms with Crippen molar-refractivity contribution >= 4 is 27.3 Å². The van der Waals surface area contributed by atoms with E-state index in [-0.39, 0.29) is 31.0 Å². The van der Waals surface area contributed by atoms with Gasteiger partial charge in [-0.3, -0.25) is 9.10 Å². The maximum absolute atomic E-state index is 14.1. The molecule has 0 radical (unpaired) electrons. The second-order valence-corrected chi connectivity index (χ2v) is 9.71. The van der Waals surface area contributed by atoms with Crippen LogP contribution in [0.4, 0.5) is 28.9 Å². The average molecular weight is 488 g/mol. The summed E-state index contributed by atoms with van der Waals surface area (Å²) in [5.41, 5.74) is -0.337. The van der Waals surface area contributed by atoms with Crippen molar-refractivity contribution in [1.82, 2.24) is 4.90 Å². The molecule has 0 N–H and O–H groups in total. The van der Waals surface area contributed by atoms with Crippen LogP contribution in [0, 0.1) is 5.82 Å². The van der Waals surface area contributed by atoms with Crippen molar-refractivity contribution in [3.05, 3.63) is 59.9 Å². The van der Waals surface area contributed by atoms with E-state index in [4.69, 9.17) is 0 Å². The van der Waals surface area contributed by atoms with Crippen LogP contribution >= 0.6 is 0 Å². The lowest BCUT2D eigenvalue weighted by molar-refractivity contribution is -0.137. The van der Waals surface area contributed by atoms with Crippen LogP contribution in [0.1, 0.15) is 18.4 Å². The predicted molar refractivity (Wildman–Crippen MR) is 118 cm³/mol. The van der Waals surface area contributed by atoms with Gasteiger partial charge in [0.15, 0.2) is 0 Å². The molecule has 0 saturated carbocycles. The minimum Gasteiger partial charge on any atom is -0.368 e. The molecular weight excluding hydrogens is 462 g/mol. The van der Waals surface area contributed by atoms with Gasteiger partial charge in [0.2, 0.25) is 15.9 Å². The first-order chi connectivity index (χ1) is 15.5. The molecule has 0 aromatic heterocycles. The lowest BCUT2D eigenvalue weighted by Gasteiger charge is -2.36. The van der Waals surface area contributed by atoms with Gasteiger partial charge >= 0.3 is 6.18 Å². The monoisotopic (exact) mass is 487 g/mol. The van der Waals surface area contributed by atoms with Gasteiger partial charge in [0, 0.05) is 44.8 Å². The van der Waals surface area contributed by atoms with Gasteiger partial charge < -0.3 is 9.80 Å². The fourth-order valence-electron chi connectivity index (χ4n) is 3.74. The molecule has 1 heterocycles. The number of para-hydroxylation sites is 1. The third kappa shape index (κ3) is 6.37. The van der Waals surface area contributed by atoms with E-state index >= 15 is 0 Å². The molecule has 180 valence electrons. The summed E-state index contributed by atoms with van der Waals surface area (Å²) in [5.74, 6) is -0.847. The Morgan fingerprint density at radius 1 is 1.03 bits per heavy atom. The van der Waals surface area contributed by atoms with E-state index in [1.54, 1.807) is 15.9 Å². The van der Waals surface area contributed by atoms with Crippen molar-refractivity contribution < 1.29 is 30.8 Å². The van der Waals surface area contributed by atoms with E-state index in [9.17, 15) is 30.8 Å². The number of halogens is 4. The highest BCUT2D eigenvalue weighted by molar-refractivity contribution is 7.92. The Kier molecular flexibility index (Phi) is 7.51. The third-order valence-corrected chi connectivity index (χ3v) is 6.62. The predicted octanol–water partition coefficient (Wildman–Crippen LogP) is 3.74. The summed E-state index contributed by atoms with van der Waals surface area (Å²) in [4.78, 5) is 16.0. The first-order valence-electron chi connectivity index (χ1n) is 10.4. The van der Waals surface area contributed by atoms with Gasteiger partial charge in [-0.15, -0.1) is 0 Å². The molecule has 1 fully saturated rings. The number of amides is 1. The number of piperazine rings is 1. The van der Waals surface area contributed by atoms with E-state index < -0.39 is 27.6 Å². The quantitative estimate of drug-likeness (QED) is 0.559. The van der Waals surface area contributed by atoms with Crippen LogP contribution in [-0.4, -0.2) is 58.2 Å². The number of carbonyl (C=O) groups excluding carboxylic acids is 1. The summed E-state index contributed by atoms with van der Waals surface area (Å²) in [7, 11) is -3.73. The number of rotatable bonds is 7. The van der Waals surface area contributed by atoms with Gasteiger partial charge in [0.1, 0.15) is 5.82 Å². The molecule has 0 spiro atoms. The molecule has 1 saturated heterocycles. The second-order valence-electron chi connectivity index (χ2n) is 7.81.